The Morgan fingerprint density at radius 3 is 2.63 bits per heavy atom. The van der Waals surface area contributed by atoms with Crippen LogP contribution in [0.1, 0.15) is 27.1 Å². The second kappa shape index (κ2) is 5.22. The predicted octanol–water partition coefficient (Wildman–Crippen LogP) is 4.28. The molecule has 1 atom stereocenters. The van der Waals surface area contributed by atoms with Crippen LogP contribution >= 0.6 is 27.3 Å². The number of hydrogen-bond donors (Lipinski definition) is 1. The van der Waals surface area contributed by atoms with Gasteiger partial charge < -0.3 is 5.73 Å². The Morgan fingerprint density at radius 1 is 1.37 bits per heavy atom. The fraction of sp³-hybridized carbons (Fsp3) is 0.250. The largest absolute Gasteiger partial charge is 0.443 e. The van der Waals surface area contributed by atoms with Crippen LogP contribution in [0.2, 0.25) is 0 Å². The number of aromatic nitrogens is 1. The molecule has 0 radical (unpaired) electrons. The molecule has 0 aliphatic carbocycles. The van der Waals surface area contributed by atoms with Crippen molar-refractivity contribution in [2.75, 3.05) is 0 Å². The summed E-state index contributed by atoms with van der Waals surface area (Å²) in [7, 11) is 0. The Morgan fingerprint density at radius 2 is 2.05 bits per heavy atom. The van der Waals surface area contributed by atoms with Gasteiger partial charge in [-0.15, -0.1) is 11.3 Å². The lowest BCUT2D eigenvalue weighted by Crippen LogP contribution is -2.12. The molecule has 0 fully saturated rings. The lowest BCUT2D eigenvalue weighted by molar-refractivity contribution is -0.137. The van der Waals surface area contributed by atoms with Crippen LogP contribution in [0.4, 0.5) is 13.2 Å². The maximum atomic E-state index is 12.5. The molecule has 1 heterocycles. The van der Waals surface area contributed by atoms with Crippen molar-refractivity contribution < 1.29 is 13.2 Å². The first-order chi connectivity index (χ1) is 8.80. The number of rotatable bonds is 2. The van der Waals surface area contributed by atoms with Gasteiger partial charge in [0.25, 0.3) is 0 Å². The van der Waals surface area contributed by atoms with Crippen molar-refractivity contribution >= 4 is 27.3 Å². The Hall–Kier alpha value is -0.920. The number of nitrogens with zero attached hydrogens (tertiary/aromatic N) is 1. The van der Waals surface area contributed by atoms with Crippen LogP contribution in [0.15, 0.2) is 28.9 Å². The number of halogens is 4. The molecule has 0 aliphatic rings. The molecular weight excluding hydrogens is 341 g/mol. The summed E-state index contributed by atoms with van der Waals surface area (Å²) in [6.07, 6.45) is -3.23. The lowest BCUT2D eigenvalue weighted by atomic mass is 10.0. The normalized spacial score (nSPS) is 13.6. The summed E-state index contributed by atoms with van der Waals surface area (Å²) in [5.74, 6) is 0. The van der Waals surface area contributed by atoms with Gasteiger partial charge in [0.2, 0.25) is 0 Å². The zero-order valence-electron chi connectivity index (χ0n) is 9.83. The first-order valence-corrected chi connectivity index (χ1v) is 6.95. The van der Waals surface area contributed by atoms with E-state index in [2.05, 4.69) is 20.9 Å². The summed E-state index contributed by atoms with van der Waals surface area (Å²) < 4.78 is 38.4. The van der Waals surface area contributed by atoms with Gasteiger partial charge in [0.1, 0.15) is 0 Å². The van der Waals surface area contributed by atoms with Crippen molar-refractivity contribution in [1.29, 1.82) is 0 Å². The van der Waals surface area contributed by atoms with E-state index in [-0.39, 0.29) is 0 Å². The summed E-state index contributed by atoms with van der Waals surface area (Å²) >= 11 is 3.96. The minimum Gasteiger partial charge on any atom is -0.320 e. The number of hydrogen-bond acceptors (Lipinski definition) is 3. The van der Waals surface area contributed by atoms with E-state index in [1.165, 1.54) is 6.20 Å². The van der Waals surface area contributed by atoms with Crippen LogP contribution in [0.5, 0.6) is 0 Å². The minimum atomic E-state index is -4.42. The second-order valence-corrected chi connectivity index (χ2v) is 5.91. The monoisotopic (exact) mass is 350 g/mol. The van der Waals surface area contributed by atoms with Crippen LogP contribution in [-0.2, 0) is 6.18 Å². The molecule has 2 rings (SSSR count). The van der Waals surface area contributed by atoms with Gasteiger partial charge in [-0.1, -0.05) is 28.1 Å². The van der Waals surface area contributed by atoms with Crippen LogP contribution in [0, 0.1) is 6.92 Å². The smallest absolute Gasteiger partial charge is 0.320 e. The van der Waals surface area contributed by atoms with E-state index in [4.69, 9.17) is 5.73 Å². The summed E-state index contributed by atoms with van der Waals surface area (Å²) in [6.45, 7) is 1.87. The Kier molecular flexibility index (Phi) is 3.98. The van der Waals surface area contributed by atoms with E-state index in [9.17, 15) is 13.2 Å². The van der Waals surface area contributed by atoms with Crippen molar-refractivity contribution in [3.63, 3.8) is 0 Å². The van der Waals surface area contributed by atoms with E-state index in [0.29, 0.717) is 16.2 Å². The molecule has 0 saturated heterocycles. The fourth-order valence-electron chi connectivity index (χ4n) is 1.68. The van der Waals surface area contributed by atoms with Gasteiger partial charge in [0.05, 0.1) is 6.04 Å². The lowest BCUT2D eigenvalue weighted by Gasteiger charge is -2.13. The highest BCUT2D eigenvalue weighted by Crippen LogP contribution is 2.36. The maximum absolute atomic E-state index is 12.5. The summed E-state index contributed by atoms with van der Waals surface area (Å²) in [6, 6.07) is 4.86. The summed E-state index contributed by atoms with van der Waals surface area (Å²) in [5, 5.41) is -0.870. The van der Waals surface area contributed by atoms with Gasteiger partial charge in [-0.3, -0.25) is 0 Å². The first kappa shape index (κ1) is 14.5. The SMILES string of the molecule is Cc1c(Br)cccc1C(N)c1cnc(C(F)(F)F)s1. The Bertz CT molecular complexity index is 595. The third-order valence-electron chi connectivity index (χ3n) is 2.72. The molecule has 19 heavy (non-hydrogen) atoms. The molecule has 7 heteroatoms. The third kappa shape index (κ3) is 2.98. The van der Waals surface area contributed by atoms with E-state index in [1.54, 1.807) is 12.1 Å². The molecule has 0 saturated carbocycles. The molecule has 2 nitrogen and oxygen atoms in total. The van der Waals surface area contributed by atoms with Gasteiger partial charge in [0, 0.05) is 15.5 Å². The van der Waals surface area contributed by atoms with Crippen molar-refractivity contribution in [3.05, 3.63) is 49.9 Å². The number of nitrogens with two attached hydrogens (primary N) is 1. The fourth-order valence-corrected chi connectivity index (χ4v) is 2.86. The zero-order chi connectivity index (χ0) is 14.2. The van der Waals surface area contributed by atoms with Gasteiger partial charge >= 0.3 is 6.18 Å². The highest BCUT2D eigenvalue weighted by atomic mass is 79.9. The van der Waals surface area contributed by atoms with Crippen LogP contribution in [0.3, 0.4) is 0 Å². The van der Waals surface area contributed by atoms with Crippen molar-refractivity contribution in [2.45, 2.75) is 19.1 Å². The first-order valence-electron chi connectivity index (χ1n) is 5.34. The summed E-state index contributed by atoms with van der Waals surface area (Å²) in [5.41, 5.74) is 7.72. The predicted molar refractivity (Wildman–Crippen MR) is 72.0 cm³/mol. The third-order valence-corrected chi connectivity index (χ3v) is 4.70. The number of benzene rings is 1. The van der Waals surface area contributed by atoms with E-state index < -0.39 is 17.2 Å². The molecule has 102 valence electrons. The molecule has 2 N–H and O–H groups in total. The molecule has 2 aromatic rings. The Labute approximate surface area is 120 Å². The summed E-state index contributed by atoms with van der Waals surface area (Å²) in [4.78, 5) is 3.78. The maximum Gasteiger partial charge on any atom is 0.443 e. The zero-order valence-corrected chi connectivity index (χ0v) is 12.2. The van der Waals surface area contributed by atoms with Gasteiger partial charge in [-0.2, -0.15) is 13.2 Å². The quantitative estimate of drug-likeness (QED) is 0.877. The van der Waals surface area contributed by atoms with Crippen LogP contribution in [-0.4, -0.2) is 4.98 Å². The number of alkyl halides is 3. The Balaban J connectivity index is 2.37. The van der Waals surface area contributed by atoms with Gasteiger partial charge in [-0.05, 0) is 24.1 Å². The molecule has 1 unspecified atom stereocenters. The van der Waals surface area contributed by atoms with Crippen LogP contribution < -0.4 is 5.73 Å². The molecule has 1 aromatic carbocycles. The molecule has 0 amide bonds. The van der Waals surface area contributed by atoms with E-state index >= 15 is 0 Å². The van der Waals surface area contributed by atoms with E-state index in [0.717, 1.165) is 15.6 Å². The molecule has 1 aromatic heterocycles. The molecule has 0 spiro atoms. The van der Waals surface area contributed by atoms with Gasteiger partial charge in [0.15, 0.2) is 5.01 Å². The average Bonchev–Trinajstić information content (AvgIpc) is 2.81. The highest BCUT2D eigenvalue weighted by molar-refractivity contribution is 9.10. The van der Waals surface area contributed by atoms with Gasteiger partial charge in [-0.25, -0.2) is 4.98 Å². The van der Waals surface area contributed by atoms with Crippen molar-refractivity contribution in [3.8, 4) is 0 Å². The highest BCUT2D eigenvalue weighted by Gasteiger charge is 2.35. The second-order valence-electron chi connectivity index (χ2n) is 4.00. The molecular formula is C12H10BrF3N2S. The standard InChI is InChI=1S/C12H10BrF3N2S/c1-6-7(3-2-4-8(6)13)10(17)9-5-18-11(19-9)12(14,15)16/h2-5,10H,17H2,1H3. The topological polar surface area (TPSA) is 38.9 Å². The molecule has 0 aliphatic heterocycles. The number of thiazole rings is 1. The average molecular weight is 351 g/mol. The van der Waals surface area contributed by atoms with Crippen LogP contribution in [0.25, 0.3) is 0 Å². The van der Waals surface area contributed by atoms with Crippen molar-refractivity contribution in [2.24, 2.45) is 5.73 Å². The van der Waals surface area contributed by atoms with E-state index in [1.807, 2.05) is 13.0 Å². The van der Waals surface area contributed by atoms with Crippen molar-refractivity contribution in [1.82, 2.24) is 4.98 Å². The minimum absolute atomic E-state index is 0.397. The molecule has 0 bridgehead atoms.